The van der Waals surface area contributed by atoms with Gasteiger partial charge in [-0.15, -0.1) is 0 Å². The predicted octanol–water partition coefficient (Wildman–Crippen LogP) is 5.26. The second-order valence-electron chi connectivity index (χ2n) is 9.63. The van der Waals surface area contributed by atoms with Crippen molar-refractivity contribution in [3.63, 3.8) is 0 Å². The van der Waals surface area contributed by atoms with Crippen LogP contribution in [0.4, 0.5) is 0 Å². The number of carbonyl (C=O) groups excluding carboxylic acids is 1. The highest BCUT2D eigenvalue weighted by atomic mass is 16.5. The van der Waals surface area contributed by atoms with E-state index >= 15 is 0 Å². The summed E-state index contributed by atoms with van der Waals surface area (Å²) in [5.41, 5.74) is 3.93. The Hall–Kier alpha value is -2.99. The van der Waals surface area contributed by atoms with E-state index in [9.17, 15) is 4.79 Å². The summed E-state index contributed by atoms with van der Waals surface area (Å²) in [5, 5.41) is 0. The second kappa shape index (κ2) is 11.4. The van der Waals surface area contributed by atoms with Crippen LogP contribution in [0.3, 0.4) is 0 Å². The van der Waals surface area contributed by atoms with Gasteiger partial charge in [0.1, 0.15) is 5.69 Å². The first-order valence-corrected chi connectivity index (χ1v) is 12.4. The fourth-order valence-electron chi connectivity index (χ4n) is 4.56. The van der Waals surface area contributed by atoms with Crippen LogP contribution in [0, 0.1) is 5.92 Å². The van der Waals surface area contributed by atoms with Gasteiger partial charge in [0.25, 0.3) is 0 Å². The fourth-order valence-corrected chi connectivity index (χ4v) is 4.56. The lowest BCUT2D eigenvalue weighted by molar-refractivity contribution is -0.120. The average molecular weight is 461 g/mol. The molecule has 0 bridgehead atoms. The molecule has 1 fully saturated rings. The number of imidazole rings is 1. The molecule has 6 heteroatoms. The van der Waals surface area contributed by atoms with Gasteiger partial charge in [-0.25, -0.2) is 9.97 Å². The molecule has 2 aromatic heterocycles. The zero-order chi connectivity index (χ0) is 23.9. The molecule has 0 unspecified atom stereocenters. The lowest BCUT2D eigenvalue weighted by Crippen LogP contribution is -2.31. The van der Waals surface area contributed by atoms with Gasteiger partial charge in [0, 0.05) is 30.8 Å². The minimum atomic E-state index is 0.191. The van der Waals surface area contributed by atoms with Crippen molar-refractivity contribution in [2.45, 2.75) is 52.5 Å². The first kappa shape index (κ1) is 24.1. The number of benzene rings is 1. The molecular formula is C28H36N4O2. The van der Waals surface area contributed by atoms with Crippen molar-refractivity contribution in [1.82, 2.24) is 19.4 Å². The lowest BCUT2D eigenvalue weighted by atomic mass is 10.1. The van der Waals surface area contributed by atoms with Gasteiger partial charge in [-0.1, -0.05) is 50.6 Å². The van der Waals surface area contributed by atoms with Crippen LogP contribution < -0.4 is 4.74 Å². The molecule has 180 valence electrons. The number of aromatic nitrogens is 3. The molecule has 0 spiro atoms. The van der Waals surface area contributed by atoms with Crippen LogP contribution >= 0.6 is 0 Å². The minimum absolute atomic E-state index is 0.191. The zero-order valence-electron chi connectivity index (χ0n) is 20.7. The van der Waals surface area contributed by atoms with Crippen LogP contribution in [-0.2, 0) is 17.8 Å². The van der Waals surface area contributed by atoms with E-state index in [0.717, 1.165) is 24.2 Å². The molecule has 34 heavy (non-hydrogen) atoms. The van der Waals surface area contributed by atoms with E-state index in [0.29, 0.717) is 29.7 Å². The van der Waals surface area contributed by atoms with E-state index in [-0.39, 0.29) is 12.3 Å². The Kier molecular flexibility index (Phi) is 8.12. The van der Waals surface area contributed by atoms with Crippen molar-refractivity contribution in [3.05, 3.63) is 54.2 Å². The fraction of sp³-hybridized carbons (Fsp3) is 0.464. The summed E-state index contributed by atoms with van der Waals surface area (Å²) in [6.07, 6.45) is 7.60. The number of carbonyl (C=O) groups is 1. The first-order valence-electron chi connectivity index (χ1n) is 12.4. The Morgan fingerprint density at radius 3 is 2.47 bits per heavy atom. The predicted molar refractivity (Wildman–Crippen MR) is 136 cm³/mol. The minimum Gasteiger partial charge on any atom is -0.481 e. The number of likely N-dealkylation sites (tertiary alicyclic amines) is 1. The molecule has 0 N–H and O–H groups in total. The smallest absolute Gasteiger partial charge is 0.213 e. The normalized spacial score (nSPS) is 14.5. The highest BCUT2D eigenvalue weighted by Crippen LogP contribution is 2.26. The highest BCUT2D eigenvalue weighted by Gasteiger charge is 2.17. The molecule has 1 saturated heterocycles. The molecule has 0 aliphatic carbocycles. The van der Waals surface area contributed by atoms with E-state index in [1.165, 1.54) is 37.9 Å². The number of piperidine rings is 1. The average Bonchev–Trinajstić information content (AvgIpc) is 3.26. The van der Waals surface area contributed by atoms with Crippen molar-refractivity contribution in [3.8, 4) is 28.7 Å². The molecule has 3 heterocycles. The third kappa shape index (κ3) is 6.32. The number of nitrogens with zero attached hydrogens (tertiary/aromatic N) is 4. The van der Waals surface area contributed by atoms with Crippen LogP contribution in [0.5, 0.6) is 5.88 Å². The number of methoxy groups -OCH3 is 1. The van der Waals surface area contributed by atoms with Crippen molar-refractivity contribution in [2.24, 2.45) is 5.92 Å². The van der Waals surface area contributed by atoms with Crippen LogP contribution in [-0.4, -0.2) is 52.0 Å². The van der Waals surface area contributed by atoms with Crippen molar-refractivity contribution in [1.29, 1.82) is 0 Å². The van der Waals surface area contributed by atoms with Gasteiger partial charge >= 0.3 is 0 Å². The maximum atomic E-state index is 12.6. The maximum Gasteiger partial charge on any atom is 0.213 e. The standard InChI is InChI=1S/C28H36N4O2/c1-21(2)18-24(33)19-32-20-26(30-28(32)25-8-7-9-27(29-25)34-3)23-12-10-22(11-13-23)14-17-31-15-5-4-6-16-31/h7-13,20-21H,4-6,14-19H2,1-3H3. The van der Waals surface area contributed by atoms with Gasteiger partial charge in [-0.3, -0.25) is 4.79 Å². The molecule has 0 atom stereocenters. The second-order valence-corrected chi connectivity index (χ2v) is 9.63. The van der Waals surface area contributed by atoms with Crippen LogP contribution in [0.25, 0.3) is 22.8 Å². The van der Waals surface area contributed by atoms with E-state index in [2.05, 4.69) is 48.0 Å². The third-order valence-corrected chi connectivity index (χ3v) is 6.34. The van der Waals surface area contributed by atoms with Gasteiger partial charge in [-0.05, 0) is 49.9 Å². The number of Topliss-reactive ketones (excluding diaryl/α,β-unsaturated/α-hetero) is 1. The van der Waals surface area contributed by atoms with Gasteiger partial charge in [-0.2, -0.15) is 0 Å². The Balaban J connectivity index is 1.55. The molecule has 1 aromatic carbocycles. The lowest BCUT2D eigenvalue weighted by Gasteiger charge is -2.26. The molecule has 0 saturated carbocycles. The summed E-state index contributed by atoms with van der Waals surface area (Å²) < 4.78 is 7.23. The Morgan fingerprint density at radius 2 is 1.76 bits per heavy atom. The summed E-state index contributed by atoms with van der Waals surface area (Å²) >= 11 is 0. The third-order valence-electron chi connectivity index (χ3n) is 6.34. The Bertz CT molecular complexity index is 1080. The van der Waals surface area contributed by atoms with Crippen molar-refractivity contribution >= 4 is 5.78 Å². The monoisotopic (exact) mass is 460 g/mol. The summed E-state index contributed by atoms with van der Waals surface area (Å²) in [6, 6.07) is 14.3. The number of ketones is 1. The number of hydrogen-bond acceptors (Lipinski definition) is 5. The van der Waals surface area contributed by atoms with Gasteiger partial charge in [0.05, 0.1) is 19.3 Å². The Morgan fingerprint density at radius 1 is 1.00 bits per heavy atom. The van der Waals surface area contributed by atoms with Crippen molar-refractivity contribution in [2.75, 3.05) is 26.7 Å². The SMILES string of the molecule is COc1cccc(-c2nc(-c3ccc(CCN4CCCCC4)cc3)cn2CC(=O)CC(C)C)n1. The van der Waals surface area contributed by atoms with Gasteiger partial charge in [0.15, 0.2) is 11.6 Å². The van der Waals surface area contributed by atoms with Gasteiger partial charge < -0.3 is 14.2 Å². The van der Waals surface area contributed by atoms with Crippen LogP contribution in [0.1, 0.15) is 45.1 Å². The summed E-state index contributed by atoms with van der Waals surface area (Å²) in [7, 11) is 1.60. The van der Waals surface area contributed by atoms with E-state index in [1.54, 1.807) is 7.11 Å². The van der Waals surface area contributed by atoms with Crippen molar-refractivity contribution < 1.29 is 9.53 Å². The quantitative estimate of drug-likeness (QED) is 0.413. The van der Waals surface area contributed by atoms with Crippen LogP contribution in [0.15, 0.2) is 48.7 Å². The summed E-state index contributed by atoms with van der Waals surface area (Å²) in [4.78, 5) is 24.6. The van der Waals surface area contributed by atoms with E-state index < -0.39 is 0 Å². The molecule has 1 aliphatic rings. The Labute approximate surface area is 203 Å². The molecule has 4 rings (SSSR count). The molecule has 1 aliphatic heterocycles. The van der Waals surface area contributed by atoms with E-state index in [4.69, 9.17) is 9.72 Å². The molecule has 3 aromatic rings. The molecule has 0 radical (unpaired) electrons. The van der Waals surface area contributed by atoms with E-state index in [1.807, 2.05) is 29.0 Å². The number of ether oxygens (including phenoxy) is 1. The number of pyridine rings is 1. The molecule has 0 amide bonds. The summed E-state index contributed by atoms with van der Waals surface area (Å²) in [6.45, 7) is 7.99. The zero-order valence-corrected chi connectivity index (χ0v) is 20.7. The molecule has 6 nitrogen and oxygen atoms in total. The number of rotatable bonds is 10. The maximum absolute atomic E-state index is 12.6. The summed E-state index contributed by atoms with van der Waals surface area (Å²) in [5.74, 6) is 1.72. The first-order chi connectivity index (χ1) is 16.5. The topological polar surface area (TPSA) is 60.2 Å². The highest BCUT2D eigenvalue weighted by molar-refractivity contribution is 5.79. The largest absolute Gasteiger partial charge is 0.481 e. The number of hydrogen-bond donors (Lipinski definition) is 0. The van der Waals surface area contributed by atoms with Crippen LogP contribution in [0.2, 0.25) is 0 Å². The molecular weight excluding hydrogens is 424 g/mol. The van der Waals surface area contributed by atoms with Gasteiger partial charge in [0.2, 0.25) is 5.88 Å².